The molecule has 0 aromatic heterocycles. The first kappa shape index (κ1) is 19.9. The molecule has 148 valence electrons. The van der Waals surface area contributed by atoms with E-state index in [4.69, 9.17) is 0 Å². The van der Waals surface area contributed by atoms with Crippen molar-refractivity contribution in [3.8, 4) is 0 Å². The smallest absolute Gasteiger partial charge is 0.253 e. The molecule has 2 aromatic carbocycles. The number of hydrogen-bond acceptors (Lipinski definition) is 3. The van der Waals surface area contributed by atoms with Crippen molar-refractivity contribution in [1.82, 2.24) is 10.2 Å². The number of carbonyl (C=O) groups is 2. The Morgan fingerprint density at radius 3 is 2.25 bits per heavy atom. The summed E-state index contributed by atoms with van der Waals surface area (Å²) in [5.41, 5.74) is 2.98. The number of benzene rings is 2. The predicted molar refractivity (Wildman–Crippen MR) is 112 cm³/mol. The van der Waals surface area contributed by atoms with Crippen molar-refractivity contribution in [2.24, 2.45) is 5.92 Å². The zero-order valence-electron chi connectivity index (χ0n) is 16.7. The van der Waals surface area contributed by atoms with Gasteiger partial charge in [0.25, 0.3) is 5.91 Å². The maximum atomic E-state index is 12.5. The van der Waals surface area contributed by atoms with Gasteiger partial charge in [0.2, 0.25) is 5.91 Å². The van der Waals surface area contributed by atoms with Crippen LogP contribution in [0.25, 0.3) is 0 Å². The maximum absolute atomic E-state index is 12.5. The highest BCUT2D eigenvalue weighted by molar-refractivity contribution is 5.94. The molecule has 1 heterocycles. The van der Waals surface area contributed by atoms with Gasteiger partial charge in [-0.2, -0.15) is 0 Å². The molecule has 3 rings (SSSR count). The molecule has 1 aliphatic rings. The number of piperidine rings is 1. The molecular weight excluding hydrogens is 350 g/mol. The van der Waals surface area contributed by atoms with Gasteiger partial charge >= 0.3 is 0 Å². The summed E-state index contributed by atoms with van der Waals surface area (Å²) in [5, 5.41) is 3.02. The van der Waals surface area contributed by atoms with Gasteiger partial charge in [-0.3, -0.25) is 9.59 Å². The monoisotopic (exact) mass is 379 g/mol. The van der Waals surface area contributed by atoms with Gasteiger partial charge in [0.05, 0.1) is 0 Å². The Kier molecular flexibility index (Phi) is 6.69. The molecule has 1 fully saturated rings. The molecular formula is C23H29N3O2. The molecule has 0 atom stereocenters. The minimum atomic E-state index is 0.0875. The fourth-order valence-corrected chi connectivity index (χ4v) is 3.55. The third-order valence-corrected chi connectivity index (χ3v) is 5.34. The van der Waals surface area contributed by atoms with Gasteiger partial charge in [0, 0.05) is 51.4 Å². The molecule has 1 aliphatic heterocycles. The summed E-state index contributed by atoms with van der Waals surface area (Å²) in [6, 6.07) is 17.6. The fourth-order valence-electron chi connectivity index (χ4n) is 3.55. The summed E-state index contributed by atoms with van der Waals surface area (Å²) in [6.45, 7) is 1.99. The van der Waals surface area contributed by atoms with E-state index in [1.165, 1.54) is 0 Å². The lowest BCUT2D eigenvalue weighted by Gasteiger charge is -2.31. The van der Waals surface area contributed by atoms with Crippen LogP contribution >= 0.6 is 0 Å². The van der Waals surface area contributed by atoms with Crippen molar-refractivity contribution in [2.75, 3.05) is 32.1 Å². The Labute approximate surface area is 167 Å². The topological polar surface area (TPSA) is 52.7 Å². The predicted octanol–water partition coefficient (Wildman–Crippen LogP) is 3.31. The third kappa shape index (κ3) is 5.35. The van der Waals surface area contributed by atoms with Gasteiger partial charge < -0.3 is 15.1 Å². The van der Waals surface area contributed by atoms with Crippen LogP contribution in [0.2, 0.25) is 0 Å². The summed E-state index contributed by atoms with van der Waals surface area (Å²) in [5.74, 6) is 0.519. The van der Waals surface area contributed by atoms with Gasteiger partial charge in [0.15, 0.2) is 0 Å². The Balaban J connectivity index is 1.40. The zero-order chi connectivity index (χ0) is 19.9. The number of nitrogens with one attached hydrogen (secondary N) is 1. The zero-order valence-corrected chi connectivity index (χ0v) is 16.7. The second-order valence-electron chi connectivity index (χ2n) is 7.64. The number of anilines is 1. The third-order valence-electron chi connectivity index (χ3n) is 5.34. The van der Waals surface area contributed by atoms with E-state index < -0.39 is 0 Å². The molecule has 1 N–H and O–H groups in total. The molecule has 1 saturated heterocycles. The molecule has 2 amide bonds. The number of rotatable bonds is 6. The van der Waals surface area contributed by atoms with E-state index in [1.807, 2.05) is 61.5 Å². The lowest BCUT2D eigenvalue weighted by atomic mass is 9.93. The van der Waals surface area contributed by atoms with Crippen LogP contribution < -0.4 is 10.2 Å². The SMILES string of the molecule is CN(C)c1ccc(CNC(=O)CC2CCN(C(=O)c3ccccc3)CC2)cc1. The van der Waals surface area contributed by atoms with Crippen molar-refractivity contribution in [3.63, 3.8) is 0 Å². The van der Waals surface area contributed by atoms with Crippen molar-refractivity contribution in [3.05, 3.63) is 65.7 Å². The second-order valence-corrected chi connectivity index (χ2v) is 7.64. The second kappa shape index (κ2) is 9.40. The molecule has 0 saturated carbocycles. The summed E-state index contributed by atoms with van der Waals surface area (Å²) < 4.78 is 0. The molecule has 5 nitrogen and oxygen atoms in total. The Morgan fingerprint density at radius 2 is 1.64 bits per heavy atom. The van der Waals surface area contributed by atoms with Gasteiger partial charge in [0.1, 0.15) is 0 Å². The minimum absolute atomic E-state index is 0.0875. The maximum Gasteiger partial charge on any atom is 0.253 e. The van der Waals surface area contributed by atoms with Gasteiger partial charge in [-0.15, -0.1) is 0 Å². The molecule has 0 spiro atoms. The number of amides is 2. The molecule has 0 unspecified atom stereocenters. The van der Waals surface area contributed by atoms with Gasteiger partial charge in [-0.25, -0.2) is 0 Å². The van der Waals surface area contributed by atoms with Crippen molar-refractivity contribution in [1.29, 1.82) is 0 Å². The van der Waals surface area contributed by atoms with Crippen LogP contribution in [0.5, 0.6) is 0 Å². The Bertz CT molecular complexity index is 779. The lowest BCUT2D eigenvalue weighted by molar-refractivity contribution is -0.122. The summed E-state index contributed by atoms with van der Waals surface area (Å²) >= 11 is 0. The quantitative estimate of drug-likeness (QED) is 0.838. The van der Waals surface area contributed by atoms with Crippen LogP contribution in [0.1, 0.15) is 35.2 Å². The largest absolute Gasteiger partial charge is 0.378 e. The van der Waals surface area contributed by atoms with E-state index in [9.17, 15) is 9.59 Å². The summed E-state index contributed by atoms with van der Waals surface area (Å²) in [6.07, 6.45) is 2.29. The number of carbonyl (C=O) groups excluding carboxylic acids is 2. The Morgan fingerprint density at radius 1 is 1.00 bits per heavy atom. The molecule has 0 radical (unpaired) electrons. The normalized spacial score (nSPS) is 14.6. The highest BCUT2D eigenvalue weighted by atomic mass is 16.2. The number of likely N-dealkylation sites (tertiary alicyclic amines) is 1. The molecule has 0 bridgehead atoms. The van der Waals surface area contributed by atoms with E-state index in [2.05, 4.69) is 22.3 Å². The minimum Gasteiger partial charge on any atom is -0.378 e. The van der Waals surface area contributed by atoms with Crippen molar-refractivity contribution in [2.45, 2.75) is 25.8 Å². The van der Waals surface area contributed by atoms with Crippen LogP contribution in [0.4, 0.5) is 5.69 Å². The first-order valence-electron chi connectivity index (χ1n) is 9.90. The van der Waals surface area contributed by atoms with Crippen LogP contribution in [0.15, 0.2) is 54.6 Å². The fraction of sp³-hybridized carbons (Fsp3) is 0.391. The Hall–Kier alpha value is -2.82. The van der Waals surface area contributed by atoms with E-state index in [0.717, 1.165) is 42.7 Å². The van der Waals surface area contributed by atoms with Crippen LogP contribution in [0, 0.1) is 5.92 Å². The average molecular weight is 380 g/mol. The van der Waals surface area contributed by atoms with Crippen molar-refractivity contribution < 1.29 is 9.59 Å². The summed E-state index contributed by atoms with van der Waals surface area (Å²) in [4.78, 5) is 28.7. The average Bonchev–Trinajstić information content (AvgIpc) is 2.73. The molecule has 5 heteroatoms. The molecule has 0 aliphatic carbocycles. The number of nitrogens with zero attached hydrogens (tertiary/aromatic N) is 2. The van der Waals surface area contributed by atoms with E-state index in [1.54, 1.807) is 0 Å². The van der Waals surface area contributed by atoms with Gasteiger partial charge in [-0.1, -0.05) is 30.3 Å². The lowest BCUT2D eigenvalue weighted by Crippen LogP contribution is -2.39. The highest BCUT2D eigenvalue weighted by Gasteiger charge is 2.24. The van der Waals surface area contributed by atoms with Crippen LogP contribution in [-0.2, 0) is 11.3 Å². The van der Waals surface area contributed by atoms with Crippen LogP contribution in [0.3, 0.4) is 0 Å². The van der Waals surface area contributed by atoms with E-state index >= 15 is 0 Å². The molecule has 28 heavy (non-hydrogen) atoms. The van der Waals surface area contributed by atoms with Gasteiger partial charge in [-0.05, 0) is 48.6 Å². The standard InChI is InChI=1S/C23H29N3O2/c1-25(2)21-10-8-19(9-11-21)17-24-22(27)16-18-12-14-26(15-13-18)23(28)20-6-4-3-5-7-20/h3-11,18H,12-17H2,1-2H3,(H,24,27). The first-order valence-corrected chi connectivity index (χ1v) is 9.90. The van der Waals surface area contributed by atoms with Crippen molar-refractivity contribution >= 4 is 17.5 Å². The van der Waals surface area contributed by atoms with Crippen LogP contribution in [-0.4, -0.2) is 43.9 Å². The van der Waals surface area contributed by atoms with E-state index in [-0.39, 0.29) is 11.8 Å². The van der Waals surface area contributed by atoms with E-state index in [0.29, 0.717) is 18.9 Å². The number of hydrogen-bond donors (Lipinski definition) is 1. The first-order chi connectivity index (χ1) is 13.5. The highest BCUT2D eigenvalue weighted by Crippen LogP contribution is 2.22. The molecule has 2 aromatic rings. The summed E-state index contributed by atoms with van der Waals surface area (Å²) in [7, 11) is 4.02.